The molecule has 9 aromatic carbocycles. The van der Waals surface area contributed by atoms with Crippen molar-refractivity contribution in [3.63, 3.8) is 0 Å². The number of benzene rings is 9. The third kappa shape index (κ3) is 6.91. The minimum absolute atomic E-state index is 0.0246. The Balaban J connectivity index is 0.854. The van der Waals surface area contributed by atoms with Crippen LogP contribution in [0.1, 0.15) is 45.2 Å². The zero-order chi connectivity index (χ0) is 48.7. The molecule has 0 amide bonds. The zero-order valence-corrected chi connectivity index (χ0v) is 39.6. The van der Waals surface area contributed by atoms with Crippen molar-refractivity contribution in [2.45, 2.75) is 11.8 Å². The quantitative estimate of drug-likeness (QED) is 0.148. The maximum atomic E-state index is 6.42. The average molecular weight is 949 g/mol. The monoisotopic (exact) mass is 948 g/mol. The van der Waals surface area contributed by atoms with E-state index in [4.69, 9.17) is 38.7 Å². The molecule has 16 rings (SSSR count). The van der Waals surface area contributed by atoms with Crippen molar-refractivity contribution >= 4 is 21.9 Å². The molecule has 2 unspecified atom stereocenters. The van der Waals surface area contributed by atoms with E-state index in [0.717, 1.165) is 78.0 Å². The van der Waals surface area contributed by atoms with E-state index in [1.54, 1.807) is 0 Å². The first kappa shape index (κ1) is 41.8. The Morgan fingerprint density at radius 1 is 0.243 bits per heavy atom. The van der Waals surface area contributed by atoms with Crippen LogP contribution in [-0.2, 0) is 0 Å². The van der Waals surface area contributed by atoms with Gasteiger partial charge in [-0.15, -0.1) is 0 Å². The molecule has 8 nitrogen and oxygen atoms in total. The van der Waals surface area contributed by atoms with E-state index in [1.165, 1.54) is 33.4 Å². The topological polar surface area (TPSA) is 104 Å². The molecule has 3 aliphatic carbocycles. The predicted octanol–water partition coefficient (Wildman–Crippen LogP) is 15.9. The van der Waals surface area contributed by atoms with Crippen molar-refractivity contribution in [1.29, 1.82) is 0 Å². The van der Waals surface area contributed by atoms with Gasteiger partial charge in [-0.2, -0.15) is 0 Å². The lowest BCUT2D eigenvalue weighted by Crippen LogP contribution is -2.27. The summed E-state index contributed by atoms with van der Waals surface area (Å²) >= 11 is 0. The molecule has 2 atom stereocenters. The number of hydrogen-bond donors (Lipinski definition) is 0. The minimum Gasteiger partial charge on any atom is -0.456 e. The van der Waals surface area contributed by atoms with E-state index in [9.17, 15) is 0 Å². The van der Waals surface area contributed by atoms with E-state index in [0.29, 0.717) is 34.9 Å². The average Bonchev–Trinajstić information content (AvgIpc) is 4.16. The van der Waals surface area contributed by atoms with E-state index in [2.05, 4.69) is 109 Å². The van der Waals surface area contributed by atoms with Gasteiger partial charge in [-0.1, -0.05) is 194 Å². The third-order valence-corrected chi connectivity index (χ3v) is 14.6. The van der Waals surface area contributed by atoms with Crippen LogP contribution in [0.25, 0.3) is 113 Å². The Labute approximate surface area is 425 Å². The molecular weight excluding hydrogens is 909 g/mol. The number of hydrogen-bond acceptors (Lipinski definition) is 8. The lowest BCUT2D eigenvalue weighted by Gasteiger charge is -2.42. The molecule has 8 heteroatoms. The Bertz CT molecular complexity index is 4010. The lowest BCUT2D eigenvalue weighted by molar-refractivity contribution is 0.631. The molecule has 0 fully saturated rings. The van der Waals surface area contributed by atoms with Gasteiger partial charge in [-0.25, -0.2) is 29.9 Å². The molecular formula is C66H40N6O2. The fourth-order valence-corrected chi connectivity index (χ4v) is 11.2. The van der Waals surface area contributed by atoms with Crippen LogP contribution in [-0.4, -0.2) is 29.9 Å². The molecule has 0 radical (unpaired) electrons. The Kier molecular flexibility index (Phi) is 9.53. The van der Waals surface area contributed by atoms with Crippen LogP contribution in [0.15, 0.2) is 239 Å². The van der Waals surface area contributed by atoms with Crippen LogP contribution in [0.3, 0.4) is 0 Å². The number of aromatic nitrogens is 6. The number of fused-ring (bicyclic) bond motifs is 2. The van der Waals surface area contributed by atoms with Crippen molar-refractivity contribution in [3.8, 4) is 91.0 Å². The van der Waals surface area contributed by atoms with E-state index >= 15 is 0 Å². The number of nitrogens with zero attached hydrogens (tertiary/aromatic N) is 6. The maximum absolute atomic E-state index is 6.42. The summed E-state index contributed by atoms with van der Waals surface area (Å²) in [5.74, 6) is 5.01. The van der Waals surface area contributed by atoms with Gasteiger partial charge in [0.05, 0.1) is 0 Å². The Hall–Kier alpha value is -9.92. The summed E-state index contributed by atoms with van der Waals surface area (Å²) in [5, 5.41) is 2.08. The molecule has 346 valence electrons. The molecule has 0 aliphatic heterocycles. The standard InChI is InChI=1S/C66H40N6O2/c1-3-17-39(18-4-1)61-67-63(71-65(69-61)51-27-13-9-23-45(51)57-37-41-21-7-15-29-55(41)73-57)43-31-33-49-53(35-43)59-47-25-11-12-26-48(47)60(49)54-36-44(32-34-50(54)59)64-68-62(40-19-5-2-6-20-40)70-66(72-64)52-28-14-10-24-46(52)58-38-42-22-8-16-30-56(42)74-58/h1-38,59-60H. The molecule has 0 N–H and O–H groups in total. The molecule has 3 aliphatic rings. The lowest BCUT2D eigenvalue weighted by atomic mass is 9.61. The van der Waals surface area contributed by atoms with Crippen molar-refractivity contribution < 1.29 is 8.83 Å². The molecule has 0 saturated carbocycles. The van der Waals surface area contributed by atoms with E-state index in [1.807, 2.05) is 121 Å². The fraction of sp³-hybridized carbons (Fsp3) is 0.0303. The minimum atomic E-state index is -0.0246. The molecule has 2 bridgehead atoms. The summed E-state index contributed by atoms with van der Waals surface area (Å²) in [6.45, 7) is 0. The highest BCUT2D eigenvalue weighted by molar-refractivity contribution is 5.89. The Morgan fingerprint density at radius 3 is 1.01 bits per heavy atom. The molecule has 74 heavy (non-hydrogen) atoms. The van der Waals surface area contributed by atoms with Gasteiger partial charge in [0, 0.05) is 67.1 Å². The highest BCUT2D eigenvalue weighted by Crippen LogP contribution is 2.57. The van der Waals surface area contributed by atoms with Gasteiger partial charge in [-0.05, 0) is 69.8 Å². The second-order valence-electron chi connectivity index (χ2n) is 18.9. The molecule has 13 aromatic rings. The SMILES string of the molecule is c1ccc(-c2nc(-c3ccc4c(c3)C3c5ccccc5C4c4cc(-c5nc(-c6ccccc6)nc(-c6ccccc6-c6cc7ccccc7o6)n5)ccc43)nc(-c3ccccc3-c3cc4ccccc4o3)n2)cc1. The van der Waals surface area contributed by atoms with E-state index < -0.39 is 0 Å². The van der Waals surface area contributed by atoms with E-state index in [-0.39, 0.29) is 11.8 Å². The Morgan fingerprint density at radius 2 is 0.581 bits per heavy atom. The van der Waals surface area contributed by atoms with Crippen LogP contribution in [0, 0.1) is 0 Å². The first-order valence-electron chi connectivity index (χ1n) is 24.8. The predicted molar refractivity (Wildman–Crippen MR) is 291 cm³/mol. The highest BCUT2D eigenvalue weighted by atomic mass is 16.3. The fourth-order valence-electron chi connectivity index (χ4n) is 11.2. The summed E-state index contributed by atoms with van der Waals surface area (Å²) in [4.78, 5) is 31.3. The molecule has 0 saturated heterocycles. The largest absolute Gasteiger partial charge is 0.456 e. The maximum Gasteiger partial charge on any atom is 0.164 e. The number of furan rings is 2. The summed E-state index contributed by atoms with van der Waals surface area (Å²) in [5.41, 5.74) is 16.5. The molecule has 0 spiro atoms. The van der Waals surface area contributed by atoms with Crippen LogP contribution in [0.4, 0.5) is 0 Å². The van der Waals surface area contributed by atoms with Gasteiger partial charge in [0.2, 0.25) is 0 Å². The van der Waals surface area contributed by atoms with Crippen molar-refractivity contribution in [2.75, 3.05) is 0 Å². The molecule has 4 heterocycles. The summed E-state index contributed by atoms with van der Waals surface area (Å²) in [7, 11) is 0. The van der Waals surface area contributed by atoms with Crippen LogP contribution in [0.5, 0.6) is 0 Å². The zero-order valence-electron chi connectivity index (χ0n) is 39.6. The second-order valence-corrected chi connectivity index (χ2v) is 18.9. The smallest absolute Gasteiger partial charge is 0.164 e. The number of rotatable bonds is 8. The van der Waals surface area contributed by atoms with Crippen molar-refractivity contribution in [3.05, 3.63) is 264 Å². The van der Waals surface area contributed by atoms with Crippen molar-refractivity contribution in [1.82, 2.24) is 29.9 Å². The summed E-state index contributed by atoms with van der Waals surface area (Å²) in [6.07, 6.45) is 0. The van der Waals surface area contributed by atoms with Gasteiger partial charge in [-0.3, -0.25) is 0 Å². The van der Waals surface area contributed by atoms with Crippen LogP contribution < -0.4 is 0 Å². The van der Waals surface area contributed by atoms with Gasteiger partial charge >= 0.3 is 0 Å². The number of para-hydroxylation sites is 2. The first-order chi connectivity index (χ1) is 36.6. The normalized spacial score (nSPS) is 14.2. The summed E-state index contributed by atoms with van der Waals surface area (Å²) < 4.78 is 12.8. The highest BCUT2D eigenvalue weighted by Gasteiger charge is 2.41. The van der Waals surface area contributed by atoms with Gasteiger partial charge in [0.25, 0.3) is 0 Å². The van der Waals surface area contributed by atoms with Gasteiger partial charge in [0.1, 0.15) is 22.7 Å². The van der Waals surface area contributed by atoms with Crippen LogP contribution in [0.2, 0.25) is 0 Å². The van der Waals surface area contributed by atoms with Gasteiger partial charge in [0.15, 0.2) is 34.9 Å². The van der Waals surface area contributed by atoms with Crippen LogP contribution >= 0.6 is 0 Å². The summed E-state index contributed by atoms with van der Waals surface area (Å²) in [6, 6.07) is 79.3. The first-order valence-corrected chi connectivity index (χ1v) is 24.8. The van der Waals surface area contributed by atoms with Crippen molar-refractivity contribution in [2.24, 2.45) is 0 Å². The second kappa shape index (κ2) is 16.9. The third-order valence-electron chi connectivity index (χ3n) is 14.6. The molecule has 4 aromatic heterocycles. The van der Waals surface area contributed by atoms with Gasteiger partial charge < -0.3 is 8.83 Å².